The maximum Gasteiger partial charge on any atom is 0.135 e. The first-order chi connectivity index (χ1) is 31.6. The van der Waals surface area contributed by atoms with Gasteiger partial charge in [-0.1, -0.05) is 0 Å². The number of rotatable bonds is 0. The van der Waals surface area contributed by atoms with Gasteiger partial charge in [-0.05, 0) is 0 Å². The number of quaternary nitrogens is 3. The lowest BCUT2D eigenvalue weighted by molar-refractivity contribution is -2.00. The van der Waals surface area contributed by atoms with Gasteiger partial charge in [0.05, 0.1) is 152 Å². The molecule has 0 aliphatic carbocycles. The summed E-state index contributed by atoms with van der Waals surface area (Å²) in [6.45, 7) is 42.9. The van der Waals surface area contributed by atoms with E-state index < -0.39 is 30.7 Å². The predicted molar refractivity (Wildman–Crippen MR) is 209 cm³/mol. The molecule has 33 heteroatoms. The van der Waals surface area contributed by atoms with Crippen LogP contribution in [0.15, 0.2) is 0 Å². The third-order valence-electron chi connectivity index (χ3n) is 14.0. The number of nitrogens with one attached hydrogen (secondary N) is 3. The Labute approximate surface area is 412 Å². The van der Waals surface area contributed by atoms with Crippen LogP contribution >= 0.6 is 0 Å². The molecule has 0 aromatic heterocycles. The Bertz CT molecular complexity index is 1070. The number of hydrogen-bond donors (Lipinski definition) is 3. The Morgan fingerprint density at radius 3 is 0.623 bits per heavy atom. The zero-order valence-corrected chi connectivity index (χ0v) is 42.1. The molecule has 7 N–H and O–H groups in total. The van der Waals surface area contributed by atoms with E-state index in [4.69, 9.17) is 55.9 Å². The SMILES string of the molecule is C1CN2CN3CCN4CCN5CN6CC[NH+](CCN(C2)C3)CCN2CN3CCN1CCN1CN(CC[NH+](CCN(C3)C2)CCN(C5)C6)C[NH+](CC4)C1.O.O.[O-][Cl+3]([O-])([O-])[O-].[O-][Cl+3]([O-])([O-])[O-].[O-][Cl+3]([O-])([O-])[O-]. The monoisotopic (exact) mass is 1060 g/mol. The molecule has 0 aromatic carbocycles. The smallest absolute Gasteiger partial charge is 0.135 e. The third-order valence-corrected chi connectivity index (χ3v) is 14.0. The topological polar surface area (TPSA) is 395 Å². The average Bonchev–Trinajstić information content (AvgIpc) is 3.22. The minimum absolute atomic E-state index is 0. The van der Waals surface area contributed by atoms with Gasteiger partial charge >= 0.3 is 0 Å². The predicted octanol–water partition coefficient (Wildman–Crippen LogP) is -23.7. The third kappa shape index (κ3) is 25.2. The van der Waals surface area contributed by atoms with Gasteiger partial charge in [-0.25, -0.2) is 65.7 Å². The molecule has 10 rings (SSSR count). The van der Waals surface area contributed by atoms with Crippen molar-refractivity contribution in [3.8, 4) is 0 Å². The van der Waals surface area contributed by atoms with Crippen molar-refractivity contribution in [1.82, 2.24) is 63.7 Å². The molecule has 0 aromatic rings. The molecule has 0 saturated carbocycles. The quantitative estimate of drug-likeness (QED) is 0.203. The zero-order chi connectivity index (χ0) is 48.2. The maximum absolute atomic E-state index is 8.49. The minimum Gasteiger partial charge on any atom is -0.412 e. The van der Waals surface area contributed by atoms with E-state index in [2.05, 4.69) is 63.7 Å². The average molecular weight is 1070 g/mol. The molecule has 69 heavy (non-hydrogen) atoms. The molecule has 10 heterocycles. The molecule has 0 radical (unpaired) electrons. The number of halogens is 3. The Morgan fingerprint density at radius 1 is 0.203 bits per heavy atom. The summed E-state index contributed by atoms with van der Waals surface area (Å²) in [5.41, 5.74) is 0. The molecule has 16 unspecified atom stereocenters. The van der Waals surface area contributed by atoms with Crippen molar-refractivity contribution in [3.05, 3.63) is 0 Å². The Kier molecular flexibility index (Phi) is 25.8. The van der Waals surface area contributed by atoms with Crippen LogP contribution < -0.4 is 70.6 Å². The van der Waals surface area contributed by atoms with E-state index in [1.165, 1.54) is 170 Å². The van der Waals surface area contributed by atoms with E-state index in [1.54, 1.807) is 4.90 Å². The Hall–Kier alpha value is -0.330. The molecule has 10 saturated heterocycles. The Morgan fingerprint density at radius 2 is 0.348 bits per heavy atom. The highest BCUT2D eigenvalue weighted by Gasteiger charge is 2.34. The molecule has 0 spiro atoms. The summed E-state index contributed by atoms with van der Waals surface area (Å²) in [5, 5.41) is 0. The summed E-state index contributed by atoms with van der Waals surface area (Å²) in [4.78, 5) is 42.1. The largest absolute Gasteiger partial charge is 0.412 e. The molecule has 0 amide bonds. The van der Waals surface area contributed by atoms with Crippen molar-refractivity contribution in [1.29, 1.82) is 0 Å². The van der Waals surface area contributed by atoms with Crippen molar-refractivity contribution < 1.29 is 112 Å². The van der Waals surface area contributed by atoms with Crippen LogP contribution in [0.5, 0.6) is 0 Å². The molecular formula is C36H79Cl3N16O14. The van der Waals surface area contributed by atoms with Gasteiger partial charge in [-0.15, -0.1) is 30.7 Å². The lowest BCUT2D eigenvalue weighted by Crippen LogP contribution is -3.18. The normalized spacial score (nSPS) is 40.2. The summed E-state index contributed by atoms with van der Waals surface area (Å²) < 4.78 is 102. The zero-order valence-electron chi connectivity index (χ0n) is 39.8. The number of fused-ring (bicyclic) bond motifs is 12. The molecule has 16 atom stereocenters. The summed E-state index contributed by atoms with van der Waals surface area (Å²) in [6.07, 6.45) is 0. The van der Waals surface area contributed by atoms with Gasteiger partial charge in [-0.3, -0.25) is 53.9 Å². The Balaban J connectivity index is 0.000000535. The second-order valence-electron chi connectivity index (χ2n) is 19.4. The van der Waals surface area contributed by atoms with E-state index >= 15 is 0 Å². The molecular weight excluding hydrogens is 987 g/mol. The highest BCUT2D eigenvalue weighted by atomic mass is 35.7. The second-order valence-corrected chi connectivity index (χ2v) is 21.7. The van der Waals surface area contributed by atoms with E-state index in [-0.39, 0.29) is 11.0 Å². The number of nitrogens with zero attached hydrogens (tertiary/aromatic N) is 13. The van der Waals surface area contributed by atoms with Crippen LogP contribution in [0.1, 0.15) is 0 Å². The van der Waals surface area contributed by atoms with Crippen molar-refractivity contribution in [2.45, 2.75) is 0 Å². The first-order valence-corrected chi connectivity index (χ1v) is 27.1. The van der Waals surface area contributed by atoms with Gasteiger partial charge in [0.25, 0.3) is 0 Å². The van der Waals surface area contributed by atoms with Crippen LogP contribution in [0, 0.1) is 30.7 Å². The van der Waals surface area contributed by atoms with Crippen LogP contribution in [-0.2, 0) is 0 Å². The fourth-order valence-corrected chi connectivity index (χ4v) is 10.8. The number of hydrogen-bond acceptors (Lipinski definition) is 25. The standard InChI is InChI=1S/C36H72N16.3ClHO4.2H2O/c1-13-41-25-44-16-4-38-6-18-46-27-42-14-2-37(1)3-15-43-28-47-19-7-39(5-17-45(26-41)31-44)11-23-51-34-50(22-10-38)35-52(36-51)24-12-40(8-20-48(29-42)32-46)9-21-49(30-43)33-47;3*2-1(3,4)5;;/h1-36H2;3*(H,2,3,4,5);2*1H2. The highest BCUT2D eigenvalue weighted by Crippen LogP contribution is 2.13. The van der Waals surface area contributed by atoms with Crippen LogP contribution in [0.25, 0.3) is 0 Å². The van der Waals surface area contributed by atoms with Crippen molar-refractivity contribution in [2.24, 2.45) is 0 Å². The van der Waals surface area contributed by atoms with Gasteiger partial charge in [0.2, 0.25) is 0 Å². The summed E-state index contributed by atoms with van der Waals surface area (Å²) >= 11 is 0. The van der Waals surface area contributed by atoms with Gasteiger partial charge in [0.15, 0.2) is 0 Å². The molecule has 16 bridgehead atoms. The lowest BCUT2D eigenvalue weighted by Gasteiger charge is -2.47. The molecule has 10 aliphatic heterocycles. The van der Waals surface area contributed by atoms with Crippen LogP contribution in [0.2, 0.25) is 0 Å². The first kappa shape index (κ1) is 61.2. The van der Waals surface area contributed by atoms with Crippen LogP contribution in [0.3, 0.4) is 0 Å². The van der Waals surface area contributed by atoms with E-state index in [0.717, 1.165) is 66.7 Å². The second kappa shape index (κ2) is 29.1. The van der Waals surface area contributed by atoms with Gasteiger partial charge < -0.3 is 25.7 Å². The fourth-order valence-electron chi connectivity index (χ4n) is 10.8. The van der Waals surface area contributed by atoms with Gasteiger partial charge in [-0.2, -0.15) is 0 Å². The molecule has 408 valence electrons. The van der Waals surface area contributed by atoms with E-state index in [9.17, 15) is 0 Å². The highest BCUT2D eigenvalue weighted by molar-refractivity contribution is 4.78. The minimum atomic E-state index is -4.94. The van der Waals surface area contributed by atoms with Crippen molar-refractivity contribution in [3.63, 3.8) is 0 Å². The first-order valence-electron chi connectivity index (χ1n) is 23.4. The van der Waals surface area contributed by atoms with Crippen LogP contribution in [-0.4, -0.2) is 312 Å². The van der Waals surface area contributed by atoms with E-state index in [0.29, 0.717) is 0 Å². The van der Waals surface area contributed by atoms with Crippen molar-refractivity contribution in [2.75, 3.05) is 237 Å². The van der Waals surface area contributed by atoms with Crippen molar-refractivity contribution >= 4 is 0 Å². The molecule has 30 nitrogen and oxygen atoms in total. The van der Waals surface area contributed by atoms with Gasteiger partial charge in [0, 0.05) is 72.0 Å². The lowest BCUT2D eigenvalue weighted by atomic mass is 10.3. The summed E-state index contributed by atoms with van der Waals surface area (Å²) in [5.74, 6) is 0. The molecule has 10 aliphatic rings. The maximum atomic E-state index is 8.49. The van der Waals surface area contributed by atoms with Crippen LogP contribution in [0.4, 0.5) is 0 Å². The summed E-state index contributed by atoms with van der Waals surface area (Å²) in [7, 11) is -14.8. The summed E-state index contributed by atoms with van der Waals surface area (Å²) in [6, 6.07) is 0. The van der Waals surface area contributed by atoms with E-state index in [1.807, 2.05) is 9.80 Å². The molecule has 10 fully saturated rings. The van der Waals surface area contributed by atoms with Gasteiger partial charge in [0.1, 0.15) is 13.3 Å². The fraction of sp³-hybridized carbons (Fsp3) is 1.00.